The van der Waals surface area contributed by atoms with Crippen LogP contribution in [0.2, 0.25) is 0 Å². The molecule has 0 radical (unpaired) electrons. The summed E-state index contributed by atoms with van der Waals surface area (Å²) in [7, 11) is 1.65. The summed E-state index contributed by atoms with van der Waals surface area (Å²) >= 11 is 3.36. The Hall–Kier alpha value is -1.93. The van der Waals surface area contributed by atoms with E-state index in [4.69, 9.17) is 14.6 Å². The molecule has 1 aromatic carbocycles. The van der Waals surface area contributed by atoms with Gasteiger partial charge in [0.05, 0.1) is 16.9 Å². The van der Waals surface area contributed by atoms with Crippen LogP contribution in [0.3, 0.4) is 0 Å². The van der Waals surface area contributed by atoms with Gasteiger partial charge in [0.1, 0.15) is 12.6 Å². The number of benzene rings is 1. The van der Waals surface area contributed by atoms with Crippen LogP contribution in [0.1, 0.15) is 12.8 Å². The number of carboxylic acids is 1. The maximum atomic E-state index is 12.3. The number of hydrogen-bond donors (Lipinski definition) is 1. The van der Waals surface area contributed by atoms with E-state index >= 15 is 0 Å². The molecule has 1 N–H and O–H groups in total. The lowest BCUT2D eigenvalue weighted by Crippen LogP contribution is -2.39. The summed E-state index contributed by atoms with van der Waals surface area (Å²) in [5.74, 6) is -0.869. The first-order chi connectivity index (χ1) is 11.0. The Labute approximate surface area is 139 Å². The van der Waals surface area contributed by atoms with Crippen molar-refractivity contribution in [2.24, 2.45) is 0 Å². The summed E-state index contributed by atoms with van der Waals surface area (Å²) in [6, 6.07) is 5.10. The number of rotatable bonds is 5. The molecule has 7 nitrogen and oxygen atoms in total. The zero-order chi connectivity index (χ0) is 16.6. The van der Waals surface area contributed by atoms with Crippen LogP contribution in [0.25, 0.3) is 10.8 Å². The molecule has 8 heteroatoms. The molecule has 122 valence electrons. The summed E-state index contributed by atoms with van der Waals surface area (Å²) in [5, 5.41) is 14.0. The van der Waals surface area contributed by atoms with Crippen LogP contribution in [0.4, 0.5) is 0 Å². The largest absolute Gasteiger partial charge is 0.480 e. The molecular weight excluding hydrogens is 368 g/mol. The molecule has 0 atom stereocenters. The highest BCUT2D eigenvalue weighted by Gasteiger charge is 2.32. The molecule has 1 fully saturated rings. The van der Waals surface area contributed by atoms with Gasteiger partial charge in [-0.2, -0.15) is 0 Å². The number of aromatic nitrogens is 2. The predicted octanol–water partition coefficient (Wildman–Crippen LogP) is 1.80. The number of halogens is 1. The van der Waals surface area contributed by atoms with Crippen LogP contribution in [-0.4, -0.2) is 40.2 Å². The normalized spacial score (nSPS) is 20.3. The van der Waals surface area contributed by atoms with Gasteiger partial charge < -0.3 is 14.6 Å². The van der Waals surface area contributed by atoms with Crippen LogP contribution in [0.5, 0.6) is 5.88 Å². The van der Waals surface area contributed by atoms with Crippen molar-refractivity contribution in [2.45, 2.75) is 31.6 Å². The summed E-state index contributed by atoms with van der Waals surface area (Å²) in [5.41, 5.74) is -0.453. The van der Waals surface area contributed by atoms with Gasteiger partial charge in [0.15, 0.2) is 0 Å². The van der Waals surface area contributed by atoms with Gasteiger partial charge in [-0.3, -0.25) is 9.59 Å². The van der Waals surface area contributed by atoms with Crippen molar-refractivity contribution < 1.29 is 19.4 Å². The van der Waals surface area contributed by atoms with Crippen molar-refractivity contribution in [3.63, 3.8) is 0 Å². The van der Waals surface area contributed by atoms with E-state index in [9.17, 15) is 9.59 Å². The second-order valence-electron chi connectivity index (χ2n) is 5.42. The van der Waals surface area contributed by atoms with E-state index in [0.29, 0.717) is 10.8 Å². The van der Waals surface area contributed by atoms with E-state index in [-0.39, 0.29) is 18.1 Å². The molecule has 0 unspecified atom stereocenters. The molecule has 0 amide bonds. The summed E-state index contributed by atoms with van der Waals surface area (Å²) in [6.07, 6.45) is 1.60. The molecule has 3 rings (SSSR count). The number of nitrogens with zero attached hydrogens (tertiary/aromatic N) is 2. The van der Waals surface area contributed by atoms with Gasteiger partial charge >= 0.3 is 5.97 Å². The second kappa shape index (κ2) is 6.29. The monoisotopic (exact) mass is 382 g/mol. The van der Waals surface area contributed by atoms with Crippen molar-refractivity contribution >= 4 is 32.7 Å². The molecule has 0 spiro atoms. The summed E-state index contributed by atoms with van der Waals surface area (Å²) in [6.45, 7) is -0.507. The summed E-state index contributed by atoms with van der Waals surface area (Å²) in [4.78, 5) is 23.3. The minimum atomic E-state index is -1.13. The number of methoxy groups -OCH3 is 1. The zero-order valence-electron chi connectivity index (χ0n) is 12.4. The molecule has 2 aromatic rings. The van der Waals surface area contributed by atoms with E-state index < -0.39 is 18.1 Å². The molecule has 1 aromatic heterocycles. The molecule has 0 bridgehead atoms. The van der Waals surface area contributed by atoms with Gasteiger partial charge in [0.25, 0.3) is 5.56 Å². The van der Waals surface area contributed by atoms with Crippen molar-refractivity contribution in [1.82, 2.24) is 9.78 Å². The Balaban J connectivity index is 2.03. The van der Waals surface area contributed by atoms with E-state index in [2.05, 4.69) is 21.0 Å². The lowest BCUT2D eigenvalue weighted by Gasteiger charge is -2.33. The molecule has 1 aliphatic carbocycles. The molecule has 0 aliphatic heterocycles. The minimum Gasteiger partial charge on any atom is -0.480 e. The highest BCUT2D eigenvalue weighted by Crippen LogP contribution is 2.31. The van der Waals surface area contributed by atoms with E-state index in [0.717, 1.165) is 22.0 Å². The van der Waals surface area contributed by atoms with Gasteiger partial charge in [-0.15, -0.1) is 5.10 Å². The fourth-order valence-electron chi connectivity index (χ4n) is 2.51. The van der Waals surface area contributed by atoms with Crippen molar-refractivity contribution in [3.05, 3.63) is 33.0 Å². The first-order valence-electron chi connectivity index (χ1n) is 7.09. The lowest BCUT2D eigenvalue weighted by molar-refractivity contribution is -0.138. The molecule has 1 aliphatic rings. The predicted molar refractivity (Wildman–Crippen MR) is 85.8 cm³/mol. The van der Waals surface area contributed by atoms with E-state index in [1.54, 1.807) is 25.3 Å². The van der Waals surface area contributed by atoms with Crippen LogP contribution >= 0.6 is 15.9 Å². The molecule has 23 heavy (non-hydrogen) atoms. The van der Waals surface area contributed by atoms with Gasteiger partial charge in [0.2, 0.25) is 5.88 Å². The van der Waals surface area contributed by atoms with Crippen molar-refractivity contribution in [3.8, 4) is 5.88 Å². The zero-order valence-corrected chi connectivity index (χ0v) is 13.9. The smallest absolute Gasteiger partial charge is 0.325 e. The Kier molecular flexibility index (Phi) is 4.36. The van der Waals surface area contributed by atoms with Crippen LogP contribution < -0.4 is 10.3 Å². The van der Waals surface area contributed by atoms with Gasteiger partial charge in [-0.05, 0) is 18.2 Å². The molecule has 1 heterocycles. The van der Waals surface area contributed by atoms with E-state index in [1.165, 1.54) is 0 Å². The van der Waals surface area contributed by atoms with Crippen LogP contribution in [0.15, 0.2) is 27.5 Å². The second-order valence-corrected chi connectivity index (χ2v) is 6.34. The van der Waals surface area contributed by atoms with Crippen LogP contribution in [-0.2, 0) is 16.1 Å². The minimum absolute atomic E-state index is 0.0505. The van der Waals surface area contributed by atoms with Crippen LogP contribution in [0, 0.1) is 0 Å². The third-order valence-electron chi connectivity index (χ3n) is 3.84. The first kappa shape index (κ1) is 15.9. The average molecular weight is 383 g/mol. The standard InChI is InChI=1S/C15H15BrN2O5/c1-22-9-5-10(6-9)23-14-12-4-8(16)2-3-11(12)15(21)18(17-14)7-13(19)20/h2-4,9-10H,5-7H2,1H3,(H,19,20). The Morgan fingerprint density at radius 3 is 2.78 bits per heavy atom. The number of aliphatic carboxylic acids is 1. The third-order valence-corrected chi connectivity index (χ3v) is 4.33. The number of fused-ring (bicyclic) bond motifs is 1. The SMILES string of the molecule is COC1CC(Oc2nn(CC(=O)O)c(=O)c3ccc(Br)cc23)C1. The lowest BCUT2D eigenvalue weighted by atomic mass is 9.92. The summed E-state index contributed by atoms with van der Waals surface area (Å²) < 4.78 is 12.8. The van der Waals surface area contributed by atoms with E-state index in [1.807, 2.05) is 0 Å². The fraction of sp³-hybridized carbons (Fsp3) is 0.400. The van der Waals surface area contributed by atoms with Gasteiger partial charge in [0, 0.05) is 24.4 Å². The number of ether oxygens (including phenoxy) is 2. The highest BCUT2D eigenvalue weighted by atomic mass is 79.9. The third kappa shape index (κ3) is 3.23. The maximum Gasteiger partial charge on any atom is 0.325 e. The number of carboxylic acid groups (broad SMARTS) is 1. The molecule has 1 saturated carbocycles. The molecular formula is C15H15BrN2O5. The van der Waals surface area contributed by atoms with Crippen molar-refractivity contribution in [2.75, 3.05) is 7.11 Å². The first-order valence-corrected chi connectivity index (χ1v) is 7.89. The Bertz CT molecular complexity index is 813. The topological polar surface area (TPSA) is 90.7 Å². The Morgan fingerprint density at radius 1 is 1.39 bits per heavy atom. The maximum absolute atomic E-state index is 12.3. The quantitative estimate of drug-likeness (QED) is 0.847. The number of hydrogen-bond acceptors (Lipinski definition) is 5. The molecule has 0 saturated heterocycles. The van der Waals surface area contributed by atoms with Gasteiger partial charge in [-0.25, -0.2) is 4.68 Å². The average Bonchev–Trinajstić information content (AvgIpc) is 2.46. The van der Waals surface area contributed by atoms with Crippen molar-refractivity contribution in [1.29, 1.82) is 0 Å². The Morgan fingerprint density at radius 2 is 2.13 bits per heavy atom. The fourth-order valence-corrected chi connectivity index (χ4v) is 2.88. The van der Waals surface area contributed by atoms with Gasteiger partial charge in [-0.1, -0.05) is 15.9 Å². The highest BCUT2D eigenvalue weighted by molar-refractivity contribution is 9.10. The number of carbonyl (C=O) groups is 1.